The summed E-state index contributed by atoms with van der Waals surface area (Å²) in [4.78, 5) is 2.43. The third kappa shape index (κ3) is 3.84. The van der Waals surface area contributed by atoms with Gasteiger partial charge in [0, 0.05) is 17.4 Å². The molecule has 0 aliphatic carbocycles. The van der Waals surface area contributed by atoms with Crippen LogP contribution in [0.1, 0.15) is 20.3 Å². The first-order valence-corrected chi connectivity index (χ1v) is 8.27. The van der Waals surface area contributed by atoms with Gasteiger partial charge in [0.1, 0.15) is 0 Å². The van der Waals surface area contributed by atoms with Gasteiger partial charge in [-0.25, -0.2) is 0 Å². The Balaban J connectivity index is 1.86. The lowest BCUT2D eigenvalue weighted by atomic mass is 10.0. The number of hydrogen-bond donors (Lipinski definition) is 1. The lowest BCUT2D eigenvalue weighted by Crippen LogP contribution is -2.35. The number of benzene rings is 2. The Morgan fingerprint density at radius 3 is 2.48 bits per heavy atom. The molecule has 0 spiro atoms. The van der Waals surface area contributed by atoms with Crippen LogP contribution in [-0.4, -0.2) is 12.6 Å². The average molecular weight is 304 g/mol. The van der Waals surface area contributed by atoms with Gasteiger partial charge in [0.25, 0.3) is 0 Å². The van der Waals surface area contributed by atoms with Gasteiger partial charge in [-0.1, -0.05) is 54.6 Å². The van der Waals surface area contributed by atoms with Gasteiger partial charge in [-0.15, -0.1) is 0 Å². The van der Waals surface area contributed by atoms with E-state index in [1.165, 1.54) is 22.5 Å². The van der Waals surface area contributed by atoms with E-state index in [0.717, 1.165) is 13.0 Å². The van der Waals surface area contributed by atoms with Crippen LogP contribution in [0.3, 0.4) is 0 Å². The normalized spacial score (nSPS) is 13.6. The second-order valence-electron chi connectivity index (χ2n) is 6.15. The summed E-state index contributed by atoms with van der Waals surface area (Å²) in [6.07, 6.45) is 7.45. The van der Waals surface area contributed by atoms with Gasteiger partial charge in [-0.3, -0.25) is 0 Å². The molecule has 1 aliphatic heterocycles. The van der Waals surface area contributed by atoms with Crippen LogP contribution in [0.2, 0.25) is 0 Å². The fraction of sp³-hybridized carbons (Fsp3) is 0.238. The number of nitrogens with one attached hydrogen (secondary N) is 1. The number of anilines is 1. The molecule has 23 heavy (non-hydrogen) atoms. The zero-order valence-corrected chi connectivity index (χ0v) is 13.9. The van der Waals surface area contributed by atoms with Crippen molar-refractivity contribution in [2.75, 3.05) is 11.4 Å². The largest absolute Gasteiger partial charge is 0.364 e. The van der Waals surface area contributed by atoms with E-state index in [-0.39, 0.29) is 0 Å². The molecule has 0 radical (unpaired) electrons. The minimum absolute atomic E-state index is 0.439. The molecule has 0 aromatic heterocycles. The van der Waals surface area contributed by atoms with E-state index in [9.17, 15) is 0 Å². The molecule has 0 saturated carbocycles. The summed E-state index contributed by atoms with van der Waals surface area (Å²) in [5.41, 5.74) is 5.06. The van der Waals surface area contributed by atoms with Crippen LogP contribution in [-0.2, 0) is 0 Å². The van der Waals surface area contributed by atoms with Gasteiger partial charge < -0.3 is 10.2 Å². The summed E-state index contributed by atoms with van der Waals surface area (Å²) < 4.78 is 0. The zero-order chi connectivity index (χ0) is 16.1. The molecule has 0 atom stereocenters. The second kappa shape index (κ2) is 7.19. The van der Waals surface area contributed by atoms with E-state index in [0.29, 0.717) is 6.04 Å². The third-order valence-electron chi connectivity index (χ3n) is 4.14. The zero-order valence-electron chi connectivity index (χ0n) is 13.9. The lowest BCUT2D eigenvalue weighted by Gasteiger charge is -2.31. The Morgan fingerprint density at radius 1 is 1.00 bits per heavy atom. The fourth-order valence-corrected chi connectivity index (χ4v) is 2.86. The van der Waals surface area contributed by atoms with Crippen LogP contribution in [0.5, 0.6) is 0 Å². The van der Waals surface area contributed by atoms with Gasteiger partial charge in [0.05, 0.1) is 6.54 Å². The first-order chi connectivity index (χ1) is 11.2. The molecule has 0 fully saturated rings. The van der Waals surface area contributed by atoms with Crippen molar-refractivity contribution < 1.29 is 0 Å². The third-order valence-corrected chi connectivity index (χ3v) is 4.14. The van der Waals surface area contributed by atoms with Crippen molar-refractivity contribution in [1.29, 1.82) is 0 Å². The maximum absolute atomic E-state index is 3.36. The highest BCUT2D eigenvalue weighted by Gasteiger charge is 2.13. The van der Waals surface area contributed by atoms with E-state index in [1.807, 2.05) is 6.20 Å². The minimum atomic E-state index is 0.439. The van der Waals surface area contributed by atoms with Gasteiger partial charge >= 0.3 is 0 Å². The standard InChI is InChI=1S/C21H24N2/c1-17(2)23(16-20-12-6-7-14-22-20)21-13-8-11-19(15-21)18-9-4-3-5-10-18/h3-5,7-15,17,22H,6,16H2,1-2H3. The van der Waals surface area contributed by atoms with Crippen molar-refractivity contribution in [3.05, 3.63) is 78.6 Å². The van der Waals surface area contributed by atoms with E-state index in [2.05, 4.69) is 90.8 Å². The predicted octanol–water partition coefficient (Wildman–Crippen LogP) is 4.96. The number of dihydropyridines is 1. The molecule has 1 heterocycles. The quantitative estimate of drug-likeness (QED) is 0.840. The Hall–Kier alpha value is -2.48. The fourth-order valence-electron chi connectivity index (χ4n) is 2.86. The van der Waals surface area contributed by atoms with Gasteiger partial charge in [0.2, 0.25) is 0 Å². The molecule has 118 valence electrons. The van der Waals surface area contributed by atoms with Crippen molar-refractivity contribution in [1.82, 2.24) is 5.32 Å². The molecule has 0 bridgehead atoms. The molecule has 0 unspecified atom stereocenters. The topological polar surface area (TPSA) is 15.3 Å². The first-order valence-electron chi connectivity index (χ1n) is 8.27. The maximum atomic E-state index is 3.36. The van der Waals surface area contributed by atoms with Gasteiger partial charge in [0.15, 0.2) is 0 Å². The Labute approximate surface area is 139 Å². The number of nitrogens with zero attached hydrogens (tertiary/aromatic N) is 1. The second-order valence-corrected chi connectivity index (χ2v) is 6.15. The van der Waals surface area contributed by atoms with Gasteiger partial charge in [-0.05, 0) is 49.7 Å². The van der Waals surface area contributed by atoms with Crippen molar-refractivity contribution in [2.45, 2.75) is 26.3 Å². The maximum Gasteiger partial charge on any atom is 0.0579 e. The highest BCUT2D eigenvalue weighted by Crippen LogP contribution is 2.26. The highest BCUT2D eigenvalue weighted by molar-refractivity contribution is 5.68. The number of rotatable bonds is 5. The SMILES string of the molecule is CC(C)N(CC1=CCC=CN1)c1cccc(-c2ccccc2)c1. The lowest BCUT2D eigenvalue weighted by molar-refractivity contribution is 0.696. The molecule has 2 aromatic rings. The summed E-state index contributed by atoms with van der Waals surface area (Å²) in [5.74, 6) is 0. The first kappa shape index (κ1) is 15.4. The average Bonchev–Trinajstić information content (AvgIpc) is 2.61. The molecule has 2 nitrogen and oxygen atoms in total. The minimum Gasteiger partial charge on any atom is -0.364 e. The predicted molar refractivity (Wildman–Crippen MR) is 99.3 cm³/mol. The summed E-state index contributed by atoms with van der Waals surface area (Å²) >= 11 is 0. The molecule has 2 aromatic carbocycles. The van der Waals surface area contributed by atoms with Crippen LogP contribution in [0.4, 0.5) is 5.69 Å². The summed E-state index contributed by atoms with van der Waals surface area (Å²) in [7, 11) is 0. The molecule has 2 heteroatoms. The summed E-state index contributed by atoms with van der Waals surface area (Å²) in [6.45, 7) is 5.39. The van der Waals surface area contributed by atoms with Crippen LogP contribution in [0.15, 0.2) is 78.6 Å². The van der Waals surface area contributed by atoms with E-state index in [4.69, 9.17) is 0 Å². The van der Waals surface area contributed by atoms with E-state index in [1.54, 1.807) is 0 Å². The van der Waals surface area contributed by atoms with Crippen molar-refractivity contribution in [2.24, 2.45) is 0 Å². The van der Waals surface area contributed by atoms with E-state index < -0.39 is 0 Å². The molecule has 0 amide bonds. The summed E-state index contributed by atoms with van der Waals surface area (Å²) in [5, 5.41) is 3.36. The number of allylic oxidation sites excluding steroid dienone is 2. The molecule has 0 saturated heterocycles. The Bertz CT molecular complexity index is 699. The van der Waals surface area contributed by atoms with Crippen molar-refractivity contribution in [3.63, 3.8) is 0 Å². The molecule has 1 N–H and O–H groups in total. The monoisotopic (exact) mass is 304 g/mol. The van der Waals surface area contributed by atoms with Crippen molar-refractivity contribution in [3.8, 4) is 11.1 Å². The molecule has 1 aliphatic rings. The van der Waals surface area contributed by atoms with Crippen LogP contribution in [0.25, 0.3) is 11.1 Å². The summed E-state index contributed by atoms with van der Waals surface area (Å²) in [6, 6.07) is 19.8. The van der Waals surface area contributed by atoms with Crippen LogP contribution in [0, 0.1) is 0 Å². The van der Waals surface area contributed by atoms with E-state index >= 15 is 0 Å². The highest BCUT2D eigenvalue weighted by atomic mass is 15.2. The number of hydrogen-bond acceptors (Lipinski definition) is 2. The van der Waals surface area contributed by atoms with Crippen LogP contribution < -0.4 is 10.2 Å². The van der Waals surface area contributed by atoms with Gasteiger partial charge in [-0.2, -0.15) is 0 Å². The van der Waals surface area contributed by atoms with Crippen LogP contribution >= 0.6 is 0 Å². The molecular formula is C21H24N2. The Kier molecular flexibility index (Phi) is 4.82. The molecule has 3 rings (SSSR count). The smallest absolute Gasteiger partial charge is 0.0579 e. The molecular weight excluding hydrogens is 280 g/mol. The Morgan fingerprint density at radius 2 is 1.78 bits per heavy atom. The van der Waals surface area contributed by atoms with Crippen molar-refractivity contribution >= 4 is 5.69 Å².